The van der Waals surface area contributed by atoms with Crippen molar-refractivity contribution in [1.82, 2.24) is 19.9 Å². The average molecular weight is 235 g/mol. The standard InChI is InChI=1S/C12H21N5/c1-4-6-12-11(7-8-13)14-15-17(12)10-5-9-16(2)3/h4-7,9-10H2,1-3H3. The van der Waals surface area contributed by atoms with E-state index in [1.54, 1.807) is 0 Å². The summed E-state index contributed by atoms with van der Waals surface area (Å²) in [6.45, 7) is 4.05. The van der Waals surface area contributed by atoms with Gasteiger partial charge in [0.05, 0.1) is 23.9 Å². The fourth-order valence-corrected chi connectivity index (χ4v) is 1.81. The molecule has 0 N–H and O–H groups in total. The minimum atomic E-state index is 0.364. The Hall–Kier alpha value is -1.41. The summed E-state index contributed by atoms with van der Waals surface area (Å²) in [5, 5.41) is 17.0. The van der Waals surface area contributed by atoms with Crippen LogP contribution >= 0.6 is 0 Å². The first-order valence-corrected chi connectivity index (χ1v) is 6.12. The molecule has 0 aliphatic rings. The van der Waals surface area contributed by atoms with Crippen LogP contribution in [0.1, 0.15) is 31.2 Å². The van der Waals surface area contributed by atoms with Gasteiger partial charge in [-0.15, -0.1) is 5.10 Å². The highest BCUT2D eigenvalue weighted by atomic mass is 15.4. The monoisotopic (exact) mass is 235 g/mol. The van der Waals surface area contributed by atoms with Gasteiger partial charge in [-0.1, -0.05) is 18.6 Å². The van der Waals surface area contributed by atoms with E-state index in [1.807, 2.05) is 4.68 Å². The molecule has 1 rings (SSSR count). The summed E-state index contributed by atoms with van der Waals surface area (Å²) < 4.78 is 1.96. The maximum absolute atomic E-state index is 8.74. The summed E-state index contributed by atoms with van der Waals surface area (Å²) in [7, 11) is 4.13. The van der Waals surface area contributed by atoms with Gasteiger partial charge >= 0.3 is 0 Å². The van der Waals surface area contributed by atoms with Crippen molar-refractivity contribution in [3.63, 3.8) is 0 Å². The first-order valence-electron chi connectivity index (χ1n) is 6.12. The van der Waals surface area contributed by atoms with Crippen molar-refractivity contribution in [3.05, 3.63) is 11.4 Å². The second kappa shape index (κ2) is 7.02. The molecular weight excluding hydrogens is 214 g/mol. The van der Waals surface area contributed by atoms with E-state index >= 15 is 0 Å². The normalized spacial score (nSPS) is 10.8. The van der Waals surface area contributed by atoms with Crippen LogP contribution in [0.3, 0.4) is 0 Å². The lowest BCUT2D eigenvalue weighted by Gasteiger charge is -2.10. The van der Waals surface area contributed by atoms with E-state index in [-0.39, 0.29) is 0 Å². The molecule has 0 atom stereocenters. The molecular formula is C12H21N5. The summed E-state index contributed by atoms with van der Waals surface area (Å²) in [6, 6.07) is 2.15. The van der Waals surface area contributed by atoms with E-state index in [0.29, 0.717) is 6.42 Å². The maximum atomic E-state index is 8.74. The van der Waals surface area contributed by atoms with Crippen LogP contribution in [0.25, 0.3) is 0 Å². The van der Waals surface area contributed by atoms with Crippen molar-refractivity contribution in [2.75, 3.05) is 20.6 Å². The van der Waals surface area contributed by atoms with Crippen LogP contribution in [0, 0.1) is 11.3 Å². The van der Waals surface area contributed by atoms with E-state index in [9.17, 15) is 0 Å². The second-order valence-electron chi connectivity index (χ2n) is 4.45. The van der Waals surface area contributed by atoms with E-state index < -0.39 is 0 Å². The summed E-state index contributed by atoms with van der Waals surface area (Å²) in [6.07, 6.45) is 3.42. The van der Waals surface area contributed by atoms with Gasteiger partial charge in [0.25, 0.3) is 0 Å². The Balaban J connectivity index is 2.67. The molecule has 0 aromatic carbocycles. The highest BCUT2D eigenvalue weighted by Gasteiger charge is 2.11. The third kappa shape index (κ3) is 4.16. The number of nitrogens with zero attached hydrogens (tertiary/aromatic N) is 5. The lowest BCUT2D eigenvalue weighted by atomic mass is 10.2. The Bertz CT molecular complexity index is 375. The number of rotatable bonds is 7. The third-order valence-electron chi connectivity index (χ3n) is 2.63. The van der Waals surface area contributed by atoms with Gasteiger partial charge in [-0.05, 0) is 33.5 Å². The van der Waals surface area contributed by atoms with Crippen LogP contribution in [0.5, 0.6) is 0 Å². The average Bonchev–Trinajstić information content (AvgIpc) is 2.63. The van der Waals surface area contributed by atoms with Crippen LogP contribution < -0.4 is 0 Å². The molecule has 0 spiro atoms. The molecule has 1 aromatic heterocycles. The predicted octanol–water partition coefficient (Wildman–Crippen LogP) is 1.25. The molecule has 5 heteroatoms. The molecule has 1 heterocycles. The first kappa shape index (κ1) is 13.7. The molecule has 94 valence electrons. The van der Waals surface area contributed by atoms with Crippen molar-refractivity contribution < 1.29 is 0 Å². The van der Waals surface area contributed by atoms with Crippen molar-refractivity contribution >= 4 is 0 Å². The predicted molar refractivity (Wildman–Crippen MR) is 66.5 cm³/mol. The molecule has 0 saturated heterocycles. The maximum Gasteiger partial charge on any atom is 0.0999 e. The smallest absolute Gasteiger partial charge is 0.0999 e. The topological polar surface area (TPSA) is 57.7 Å². The number of hydrogen-bond acceptors (Lipinski definition) is 4. The Labute approximate surface area is 103 Å². The summed E-state index contributed by atoms with van der Waals surface area (Å²) in [4.78, 5) is 2.16. The molecule has 0 unspecified atom stereocenters. The van der Waals surface area contributed by atoms with E-state index in [1.165, 1.54) is 0 Å². The molecule has 0 aliphatic heterocycles. The van der Waals surface area contributed by atoms with Crippen molar-refractivity contribution in [2.45, 2.75) is 39.2 Å². The number of aromatic nitrogens is 3. The molecule has 5 nitrogen and oxygen atoms in total. The minimum Gasteiger partial charge on any atom is -0.309 e. The lowest BCUT2D eigenvalue weighted by molar-refractivity contribution is 0.376. The van der Waals surface area contributed by atoms with E-state index in [2.05, 4.69) is 42.3 Å². The fraction of sp³-hybridized carbons (Fsp3) is 0.750. The quantitative estimate of drug-likeness (QED) is 0.713. The molecule has 1 aromatic rings. The molecule has 0 radical (unpaired) electrons. The molecule has 0 bridgehead atoms. The summed E-state index contributed by atoms with van der Waals surface area (Å²) in [5.41, 5.74) is 1.98. The Morgan fingerprint density at radius 1 is 1.41 bits per heavy atom. The van der Waals surface area contributed by atoms with Crippen LogP contribution in [-0.4, -0.2) is 40.5 Å². The fourth-order valence-electron chi connectivity index (χ4n) is 1.81. The van der Waals surface area contributed by atoms with E-state index in [0.717, 1.165) is 43.7 Å². The molecule has 0 amide bonds. The lowest BCUT2D eigenvalue weighted by Crippen LogP contribution is -2.16. The van der Waals surface area contributed by atoms with E-state index in [4.69, 9.17) is 5.26 Å². The second-order valence-corrected chi connectivity index (χ2v) is 4.45. The largest absolute Gasteiger partial charge is 0.309 e. The molecule has 0 fully saturated rings. The van der Waals surface area contributed by atoms with Crippen LogP contribution in [0.2, 0.25) is 0 Å². The molecule has 17 heavy (non-hydrogen) atoms. The van der Waals surface area contributed by atoms with Crippen molar-refractivity contribution in [2.24, 2.45) is 0 Å². The van der Waals surface area contributed by atoms with Crippen molar-refractivity contribution in [1.29, 1.82) is 5.26 Å². The third-order valence-corrected chi connectivity index (χ3v) is 2.63. The Morgan fingerprint density at radius 3 is 2.76 bits per heavy atom. The first-order chi connectivity index (χ1) is 8.19. The van der Waals surface area contributed by atoms with Gasteiger partial charge in [0.1, 0.15) is 0 Å². The minimum absolute atomic E-state index is 0.364. The van der Waals surface area contributed by atoms with Gasteiger partial charge in [-0.2, -0.15) is 5.26 Å². The van der Waals surface area contributed by atoms with Crippen molar-refractivity contribution in [3.8, 4) is 6.07 Å². The SMILES string of the molecule is CCCc1c(CC#N)nnn1CCCN(C)C. The van der Waals surface area contributed by atoms with Gasteiger partial charge in [-0.25, -0.2) is 4.68 Å². The van der Waals surface area contributed by atoms with Gasteiger partial charge < -0.3 is 4.90 Å². The molecule has 0 saturated carbocycles. The van der Waals surface area contributed by atoms with Crippen LogP contribution in [0.4, 0.5) is 0 Å². The number of nitriles is 1. The Morgan fingerprint density at radius 2 is 2.18 bits per heavy atom. The highest BCUT2D eigenvalue weighted by Crippen LogP contribution is 2.09. The zero-order valence-corrected chi connectivity index (χ0v) is 11.0. The Kier molecular flexibility index (Phi) is 5.64. The zero-order chi connectivity index (χ0) is 12.7. The summed E-state index contributed by atoms with van der Waals surface area (Å²) in [5.74, 6) is 0. The van der Waals surface area contributed by atoms with Gasteiger partial charge in [0, 0.05) is 6.54 Å². The van der Waals surface area contributed by atoms with Gasteiger partial charge in [-0.3, -0.25) is 0 Å². The zero-order valence-electron chi connectivity index (χ0n) is 11.0. The summed E-state index contributed by atoms with van der Waals surface area (Å²) >= 11 is 0. The van der Waals surface area contributed by atoms with Gasteiger partial charge in [0.2, 0.25) is 0 Å². The highest BCUT2D eigenvalue weighted by molar-refractivity contribution is 5.14. The number of aryl methyl sites for hydroxylation is 1. The van der Waals surface area contributed by atoms with Gasteiger partial charge in [0.15, 0.2) is 0 Å². The van der Waals surface area contributed by atoms with Crippen LogP contribution in [0.15, 0.2) is 0 Å². The molecule has 0 aliphatic carbocycles. The van der Waals surface area contributed by atoms with Crippen LogP contribution in [-0.2, 0) is 19.4 Å². The number of hydrogen-bond donors (Lipinski definition) is 0.